The van der Waals surface area contributed by atoms with Gasteiger partial charge in [0.1, 0.15) is 18.1 Å². The number of carboxylic acids is 1. The molecule has 0 radical (unpaired) electrons. The van der Waals surface area contributed by atoms with E-state index in [0.29, 0.717) is 11.4 Å². The smallest absolute Gasteiger partial charge is 0.356 e. The van der Waals surface area contributed by atoms with Crippen molar-refractivity contribution in [2.75, 3.05) is 0 Å². The Balaban J connectivity index is 2.07. The lowest BCUT2D eigenvalue weighted by atomic mass is 10.3. The molecule has 0 spiro atoms. The van der Waals surface area contributed by atoms with Crippen molar-refractivity contribution in [3.05, 3.63) is 42.0 Å². The third kappa shape index (κ3) is 2.54. The van der Waals surface area contributed by atoms with Gasteiger partial charge >= 0.3 is 5.97 Å². The Morgan fingerprint density at radius 1 is 1.47 bits per heavy atom. The van der Waals surface area contributed by atoms with Crippen molar-refractivity contribution >= 4 is 5.97 Å². The third-order valence-electron chi connectivity index (χ3n) is 2.12. The van der Waals surface area contributed by atoms with Crippen LogP contribution in [0.4, 0.5) is 0 Å². The summed E-state index contributed by atoms with van der Waals surface area (Å²) < 4.78 is 5.33. The van der Waals surface area contributed by atoms with Gasteiger partial charge in [0.25, 0.3) is 0 Å². The molecule has 0 unspecified atom stereocenters. The van der Waals surface area contributed by atoms with Gasteiger partial charge in [0, 0.05) is 6.07 Å². The van der Waals surface area contributed by atoms with Crippen molar-refractivity contribution in [2.24, 2.45) is 0 Å². The van der Waals surface area contributed by atoms with Crippen LogP contribution in [0.15, 0.2) is 30.6 Å². The summed E-state index contributed by atoms with van der Waals surface area (Å²) in [5.74, 6) is -0.567. The highest BCUT2D eigenvalue weighted by molar-refractivity contribution is 5.86. The second-order valence-corrected chi connectivity index (χ2v) is 3.32. The molecule has 2 aromatic rings. The van der Waals surface area contributed by atoms with E-state index in [9.17, 15) is 9.90 Å². The number of imidazole rings is 1. The van der Waals surface area contributed by atoms with Gasteiger partial charge in [-0.2, -0.15) is 0 Å². The van der Waals surface area contributed by atoms with Crippen molar-refractivity contribution in [3.63, 3.8) is 0 Å². The number of carbonyl (C=O) groups is 1. The van der Waals surface area contributed by atoms with E-state index in [1.54, 1.807) is 12.1 Å². The zero-order valence-corrected chi connectivity index (χ0v) is 8.75. The maximum absolute atomic E-state index is 10.8. The second-order valence-electron chi connectivity index (χ2n) is 3.32. The highest BCUT2D eigenvalue weighted by Crippen LogP contribution is 2.19. The number of aromatic carboxylic acids is 1. The monoisotopic (exact) mass is 234 g/mol. The molecule has 1 aromatic carbocycles. The normalized spacial score (nSPS) is 10.1. The van der Waals surface area contributed by atoms with E-state index in [4.69, 9.17) is 9.84 Å². The minimum atomic E-state index is -1.11. The zero-order valence-electron chi connectivity index (χ0n) is 8.75. The maximum Gasteiger partial charge on any atom is 0.356 e. The van der Waals surface area contributed by atoms with Crippen LogP contribution in [0.5, 0.6) is 11.5 Å². The molecule has 0 aliphatic carbocycles. The number of phenols is 1. The summed E-state index contributed by atoms with van der Waals surface area (Å²) in [5, 5.41) is 18.0. The molecule has 3 N–H and O–H groups in total. The molecule has 0 fully saturated rings. The van der Waals surface area contributed by atoms with Crippen LogP contribution >= 0.6 is 0 Å². The number of rotatable bonds is 4. The number of aromatic nitrogens is 2. The van der Waals surface area contributed by atoms with Gasteiger partial charge in [-0.3, -0.25) is 0 Å². The van der Waals surface area contributed by atoms with E-state index >= 15 is 0 Å². The maximum atomic E-state index is 10.8. The summed E-state index contributed by atoms with van der Waals surface area (Å²) in [4.78, 5) is 17.1. The van der Waals surface area contributed by atoms with E-state index in [0.717, 1.165) is 0 Å². The summed E-state index contributed by atoms with van der Waals surface area (Å²) >= 11 is 0. The topological polar surface area (TPSA) is 95.4 Å². The molecule has 0 amide bonds. The first kappa shape index (κ1) is 11.0. The number of benzene rings is 1. The van der Waals surface area contributed by atoms with E-state index < -0.39 is 5.97 Å². The van der Waals surface area contributed by atoms with E-state index in [-0.39, 0.29) is 18.1 Å². The first-order valence-corrected chi connectivity index (χ1v) is 4.84. The molecular weight excluding hydrogens is 224 g/mol. The first-order valence-electron chi connectivity index (χ1n) is 4.84. The number of phenolic OH excluding ortho intramolecular Hbond substituents is 1. The molecule has 88 valence electrons. The molecule has 0 bridgehead atoms. The van der Waals surface area contributed by atoms with Crippen molar-refractivity contribution in [1.82, 2.24) is 9.97 Å². The van der Waals surface area contributed by atoms with Crippen molar-refractivity contribution < 1.29 is 19.7 Å². The predicted molar refractivity (Wildman–Crippen MR) is 58.0 cm³/mol. The fraction of sp³-hybridized carbons (Fsp3) is 0.0909. The number of aromatic amines is 1. The summed E-state index contributed by atoms with van der Waals surface area (Å²) in [5.41, 5.74) is 0.311. The van der Waals surface area contributed by atoms with E-state index in [2.05, 4.69) is 9.97 Å². The molecular formula is C11H10N2O4. The Labute approximate surface area is 96.5 Å². The Kier molecular flexibility index (Phi) is 2.95. The van der Waals surface area contributed by atoms with Crippen LogP contribution in [0.25, 0.3) is 0 Å². The number of aromatic hydroxyl groups is 1. The Morgan fingerprint density at radius 3 is 3.00 bits per heavy atom. The summed E-state index contributed by atoms with van der Waals surface area (Å²) in [6.45, 7) is 0.0467. The van der Waals surface area contributed by atoms with Crippen LogP contribution in [0, 0.1) is 0 Å². The first-order chi connectivity index (χ1) is 8.16. The van der Waals surface area contributed by atoms with Gasteiger partial charge in [0.05, 0.1) is 12.0 Å². The van der Waals surface area contributed by atoms with Crippen LogP contribution in [-0.4, -0.2) is 26.2 Å². The lowest BCUT2D eigenvalue weighted by molar-refractivity contribution is 0.0688. The quantitative estimate of drug-likeness (QED) is 0.743. The fourth-order valence-electron chi connectivity index (χ4n) is 1.34. The molecule has 2 rings (SSSR count). The number of nitrogens with one attached hydrogen (secondary N) is 1. The van der Waals surface area contributed by atoms with Crippen LogP contribution in [0.3, 0.4) is 0 Å². The number of carboxylic acid groups (broad SMARTS) is 1. The number of hydrogen-bond donors (Lipinski definition) is 3. The van der Waals surface area contributed by atoms with Gasteiger partial charge in [-0.1, -0.05) is 6.07 Å². The predicted octanol–water partition coefficient (Wildman–Crippen LogP) is 1.39. The SMILES string of the molecule is O=C(O)c1nc[nH]c1COc1cccc(O)c1. The van der Waals surface area contributed by atoms with E-state index in [1.165, 1.54) is 18.5 Å². The third-order valence-corrected chi connectivity index (χ3v) is 2.12. The standard InChI is InChI=1S/C11H10N2O4/c14-7-2-1-3-8(4-7)17-5-9-10(11(15)16)13-6-12-9/h1-4,6,14H,5H2,(H,12,13)(H,15,16). The largest absolute Gasteiger partial charge is 0.508 e. The zero-order chi connectivity index (χ0) is 12.3. The van der Waals surface area contributed by atoms with E-state index in [1.807, 2.05) is 0 Å². The molecule has 17 heavy (non-hydrogen) atoms. The lowest BCUT2D eigenvalue weighted by Crippen LogP contribution is -2.05. The minimum Gasteiger partial charge on any atom is -0.508 e. The van der Waals surface area contributed by atoms with Crippen LogP contribution in [-0.2, 0) is 6.61 Å². The minimum absolute atomic E-state index is 0.0467. The van der Waals surface area contributed by atoms with Crippen molar-refractivity contribution in [2.45, 2.75) is 6.61 Å². The Hall–Kier alpha value is -2.50. The number of nitrogens with zero attached hydrogens (tertiary/aromatic N) is 1. The molecule has 0 aliphatic rings. The van der Waals surface area contributed by atoms with Gasteiger partial charge in [-0.15, -0.1) is 0 Å². The van der Waals surface area contributed by atoms with Gasteiger partial charge in [0.2, 0.25) is 0 Å². The molecule has 1 aromatic heterocycles. The van der Waals surface area contributed by atoms with Gasteiger partial charge < -0.3 is 19.9 Å². The summed E-state index contributed by atoms with van der Waals surface area (Å²) in [7, 11) is 0. The van der Waals surface area contributed by atoms with Crippen LogP contribution < -0.4 is 4.74 Å². The highest BCUT2D eigenvalue weighted by atomic mass is 16.5. The highest BCUT2D eigenvalue weighted by Gasteiger charge is 2.13. The van der Waals surface area contributed by atoms with Crippen molar-refractivity contribution in [3.8, 4) is 11.5 Å². The van der Waals surface area contributed by atoms with Gasteiger partial charge in [0.15, 0.2) is 5.69 Å². The lowest BCUT2D eigenvalue weighted by Gasteiger charge is -2.05. The molecule has 0 atom stereocenters. The molecule has 0 aliphatic heterocycles. The molecule has 6 nitrogen and oxygen atoms in total. The number of H-pyrrole nitrogens is 1. The summed E-state index contributed by atoms with van der Waals surface area (Å²) in [6.07, 6.45) is 1.30. The summed E-state index contributed by atoms with van der Waals surface area (Å²) in [6, 6.07) is 6.26. The fourth-order valence-corrected chi connectivity index (χ4v) is 1.34. The second kappa shape index (κ2) is 4.56. The molecule has 0 saturated heterocycles. The van der Waals surface area contributed by atoms with Crippen molar-refractivity contribution in [1.29, 1.82) is 0 Å². The average molecular weight is 234 g/mol. The van der Waals surface area contributed by atoms with Crippen LogP contribution in [0.1, 0.15) is 16.2 Å². The molecule has 6 heteroatoms. The molecule has 1 heterocycles. The number of hydrogen-bond acceptors (Lipinski definition) is 4. The van der Waals surface area contributed by atoms with Gasteiger partial charge in [-0.05, 0) is 12.1 Å². The number of ether oxygens (including phenoxy) is 1. The van der Waals surface area contributed by atoms with Crippen LogP contribution in [0.2, 0.25) is 0 Å². The Bertz CT molecular complexity index is 536. The molecule has 0 saturated carbocycles. The Morgan fingerprint density at radius 2 is 2.29 bits per heavy atom. The average Bonchev–Trinajstić information content (AvgIpc) is 2.74. The van der Waals surface area contributed by atoms with Gasteiger partial charge in [-0.25, -0.2) is 9.78 Å².